The van der Waals surface area contributed by atoms with E-state index in [1.54, 1.807) is 22.8 Å². The highest BCUT2D eigenvalue weighted by Gasteiger charge is 2.29. The number of hydrogen-bond donors (Lipinski definition) is 2. The van der Waals surface area contributed by atoms with Crippen molar-refractivity contribution in [3.8, 4) is 0 Å². The first-order valence-electron chi connectivity index (χ1n) is 7.60. The quantitative estimate of drug-likeness (QED) is 0.911. The number of carbonyl (C=O) groups is 1. The van der Waals surface area contributed by atoms with Gasteiger partial charge in [-0.25, -0.2) is 9.59 Å². The molecule has 1 saturated carbocycles. The molecule has 5 nitrogen and oxygen atoms in total. The molecule has 0 amide bonds. The van der Waals surface area contributed by atoms with Crippen LogP contribution < -0.4 is 5.69 Å². The van der Waals surface area contributed by atoms with Crippen molar-refractivity contribution in [2.45, 2.75) is 45.1 Å². The average Bonchev–Trinajstić information content (AvgIpc) is 2.82. The number of benzene rings is 1. The molecule has 1 aliphatic carbocycles. The minimum Gasteiger partial charge on any atom is -0.478 e. The molecule has 2 atom stereocenters. The molecule has 1 heterocycles. The second-order valence-corrected chi connectivity index (χ2v) is 5.83. The number of fused-ring (bicyclic) bond motifs is 1. The number of imidazole rings is 1. The number of H-pyrrole nitrogens is 1. The van der Waals surface area contributed by atoms with E-state index in [1.165, 1.54) is 6.42 Å². The fourth-order valence-corrected chi connectivity index (χ4v) is 3.67. The van der Waals surface area contributed by atoms with Gasteiger partial charge >= 0.3 is 11.7 Å². The Balaban J connectivity index is 2.24. The summed E-state index contributed by atoms with van der Waals surface area (Å²) in [5, 5.41) is 9.41. The summed E-state index contributed by atoms with van der Waals surface area (Å²) in [5.74, 6) is -0.547. The maximum absolute atomic E-state index is 12.4. The fourth-order valence-electron chi connectivity index (χ4n) is 3.67. The number of aromatic amines is 1. The number of nitrogens with zero attached hydrogens (tertiary/aromatic N) is 1. The molecule has 0 saturated heterocycles. The molecule has 2 aromatic rings. The molecule has 0 spiro atoms. The van der Waals surface area contributed by atoms with Gasteiger partial charge in [0.15, 0.2) is 0 Å². The third kappa shape index (κ3) is 2.26. The van der Waals surface area contributed by atoms with Crippen LogP contribution in [0.5, 0.6) is 0 Å². The lowest BCUT2D eigenvalue weighted by Gasteiger charge is -2.31. The molecule has 0 bridgehead atoms. The molecule has 3 rings (SSSR count). The topological polar surface area (TPSA) is 75.1 Å². The molecule has 1 aromatic carbocycles. The monoisotopic (exact) mass is 288 g/mol. The summed E-state index contributed by atoms with van der Waals surface area (Å²) in [6.45, 7) is 2.14. The van der Waals surface area contributed by atoms with Crippen LogP contribution in [0.15, 0.2) is 23.0 Å². The van der Waals surface area contributed by atoms with Gasteiger partial charge in [-0.05, 0) is 30.9 Å². The molecule has 2 N–H and O–H groups in total. The van der Waals surface area contributed by atoms with Crippen molar-refractivity contribution in [1.29, 1.82) is 0 Å². The third-order valence-corrected chi connectivity index (χ3v) is 4.69. The van der Waals surface area contributed by atoms with E-state index in [0.717, 1.165) is 25.7 Å². The molecule has 1 aromatic heterocycles. The standard InChI is InChI=1S/C16H20N2O3/c1-2-10-6-3-4-9-13(10)18-14-11(15(19)20)7-5-8-12(14)17-16(18)21/h5,7-8,10,13H,2-4,6,9H2,1H3,(H,17,21)(H,19,20). The van der Waals surface area contributed by atoms with Crippen LogP contribution in [-0.2, 0) is 0 Å². The lowest BCUT2D eigenvalue weighted by Crippen LogP contribution is -2.30. The summed E-state index contributed by atoms with van der Waals surface area (Å²) in [7, 11) is 0. The van der Waals surface area contributed by atoms with Crippen LogP contribution in [0.1, 0.15) is 55.4 Å². The Bertz CT molecular complexity index is 729. The molecule has 112 valence electrons. The van der Waals surface area contributed by atoms with Gasteiger partial charge in [0.2, 0.25) is 0 Å². The van der Waals surface area contributed by atoms with Gasteiger partial charge in [0.1, 0.15) is 0 Å². The summed E-state index contributed by atoms with van der Waals surface area (Å²) < 4.78 is 1.70. The molecule has 5 heteroatoms. The van der Waals surface area contributed by atoms with Crippen molar-refractivity contribution in [2.75, 3.05) is 0 Å². The minimum absolute atomic E-state index is 0.102. The number of nitrogens with one attached hydrogen (secondary N) is 1. The SMILES string of the molecule is CCC1CCCCC1n1c(=O)[nH]c2cccc(C(=O)O)c21. The van der Waals surface area contributed by atoms with Crippen molar-refractivity contribution in [1.82, 2.24) is 9.55 Å². The Kier molecular flexibility index (Phi) is 3.57. The zero-order valence-electron chi connectivity index (χ0n) is 12.1. The van der Waals surface area contributed by atoms with Crippen molar-refractivity contribution in [2.24, 2.45) is 5.92 Å². The number of rotatable bonds is 3. The molecule has 0 radical (unpaired) electrons. The second kappa shape index (κ2) is 5.39. The molecule has 1 aliphatic rings. The van der Waals surface area contributed by atoms with Gasteiger partial charge in [-0.2, -0.15) is 0 Å². The molecule has 1 fully saturated rings. The number of para-hydroxylation sites is 1. The predicted molar refractivity (Wildman–Crippen MR) is 80.8 cm³/mol. The smallest absolute Gasteiger partial charge is 0.337 e. The van der Waals surface area contributed by atoms with E-state index < -0.39 is 5.97 Å². The molecule has 21 heavy (non-hydrogen) atoms. The summed E-state index contributed by atoms with van der Waals surface area (Å²) >= 11 is 0. The molecule has 0 aliphatic heterocycles. The Morgan fingerprint density at radius 3 is 2.86 bits per heavy atom. The van der Waals surface area contributed by atoms with Crippen molar-refractivity contribution >= 4 is 17.0 Å². The van der Waals surface area contributed by atoms with Gasteiger partial charge in [-0.3, -0.25) is 4.57 Å². The lowest BCUT2D eigenvalue weighted by molar-refractivity contribution is 0.0698. The predicted octanol–water partition coefficient (Wildman–Crippen LogP) is 3.17. The number of carboxylic acids is 1. The highest BCUT2D eigenvalue weighted by atomic mass is 16.4. The maximum Gasteiger partial charge on any atom is 0.337 e. The largest absolute Gasteiger partial charge is 0.478 e. The van der Waals surface area contributed by atoms with Crippen LogP contribution in [0.4, 0.5) is 0 Å². The zero-order valence-corrected chi connectivity index (χ0v) is 12.1. The van der Waals surface area contributed by atoms with Crippen LogP contribution in [-0.4, -0.2) is 20.6 Å². The summed E-state index contributed by atoms with van der Waals surface area (Å²) in [6, 6.07) is 5.11. The van der Waals surface area contributed by atoms with Gasteiger partial charge in [-0.15, -0.1) is 0 Å². The van der Waals surface area contributed by atoms with E-state index in [4.69, 9.17) is 0 Å². The first-order valence-corrected chi connectivity index (χ1v) is 7.60. The number of aromatic nitrogens is 2. The Hall–Kier alpha value is -2.04. The van der Waals surface area contributed by atoms with Gasteiger partial charge in [0, 0.05) is 6.04 Å². The van der Waals surface area contributed by atoms with Crippen LogP contribution in [0.3, 0.4) is 0 Å². The highest BCUT2D eigenvalue weighted by molar-refractivity contribution is 6.01. The maximum atomic E-state index is 12.4. The van der Waals surface area contributed by atoms with Crippen molar-refractivity contribution in [3.63, 3.8) is 0 Å². The minimum atomic E-state index is -0.989. The molecular weight excluding hydrogens is 268 g/mol. The Labute approximate surface area is 122 Å². The number of hydrogen-bond acceptors (Lipinski definition) is 2. The van der Waals surface area contributed by atoms with Gasteiger partial charge in [0.05, 0.1) is 16.6 Å². The summed E-state index contributed by atoms with van der Waals surface area (Å²) in [4.78, 5) is 26.7. The number of carboxylic acid groups (broad SMARTS) is 1. The average molecular weight is 288 g/mol. The van der Waals surface area contributed by atoms with E-state index >= 15 is 0 Å². The van der Waals surface area contributed by atoms with Crippen molar-refractivity contribution in [3.05, 3.63) is 34.2 Å². The highest BCUT2D eigenvalue weighted by Crippen LogP contribution is 2.37. The first-order chi connectivity index (χ1) is 10.1. The van der Waals surface area contributed by atoms with E-state index in [9.17, 15) is 14.7 Å². The van der Waals surface area contributed by atoms with Gasteiger partial charge < -0.3 is 10.1 Å². The lowest BCUT2D eigenvalue weighted by atomic mass is 9.82. The third-order valence-electron chi connectivity index (χ3n) is 4.69. The van der Waals surface area contributed by atoms with Crippen LogP contribution in [0.2, 0.25) is 0 Å². The van der Waals surface area contributed by atoms with Crippen molar-refractivity contribution < 1.29 is 9.90 Å². The van der Waals surface area contributed by atoms with E-state index in [0.29, 0.717) is 17.0 Å². The van der Waals surface area contributed by atoms with Crippen LogP contribution in [0, 0.1) is 5.92 Å². The molecule has 2 unspecified atom stereocenters. The van der Waals surface area contributed by atoms with Crippen LogP contribution in [0.25, 0.3) is 11.0 Å². The fraction of sp³-hybridized carbons (Fsp3) is 0.500. The van der Waals surface area contributed by atoms with Crippen LogP contribution >= 0.6 is 0 Å². The summed E-state index contributed by atoms with van der Waals surface area (Å²) in [6.07, 6.45) is 5.35. The van der Waals surface area contributed by atoms with E-state index in [2.05, 4.69) is 11.9 Å². The Morgan fingerprint density at radius 1 is 1.38 bits per heavy atom. The molecular formula is C16H20N2O3. The second-order valence-electron chi connectivity index (χ2n) is 5.83. The Morgan fingerprint density at radius 2 is 2.14 bits per heavy atom. The summed E-state index contributed by atoms with van der Waals surface area (Å²) in [5.41, 5.74) is 1.16. The first kappa shape index (κ1) is 13.9. The van der Waals surface area contributed by atoms with E-state index in [1.807, 2.05) is 0 Å². The van der Waals surface area contributed by atoms with E-state index in [-0.39, 0.29) is 17.3 Å². The zero-order chi connectivity index (χ0) is 15.0. The van der Waals surface area contributed by atoms with Gasteiger partial charge in [-0.1, -0.05) is 32.3 Å². The van der Waals surface area contributed by atoms with Gasteiger partial charge in [0.25, 0.3) is 0 Å². The normalized spacial score (nSPS) is 22.5. The number of aromatic carboxylic acids is 1.